The van der Waals surface area contributed by atoms with E-state index < -0.39 is 10.8 Å². The molecule has 1 unspecified atom stereocenters. The van der Waals surface area contributed by atoms with Crippen molar-refractivity contribution in [3.8, 4) is 11.3 Å². The molecule has 4 aromatic rings. The molecule has 0 radical (unpaired) electrons. The minimum absolute atomic E-state index is 0.0575. The molecule has 214 valence electrons. The van der Waals surface area contributed by atoms with Gasteiger partial charge in [-0.15, -0.1) is 0 Å². The minimum atomic E-state index is -0.778. The third-order valence-corrected chi connectivity index (χ3v) is 8.12. The first-order chi connectivity index (χ1) is 20.4. The number of aryl methyl sites for hydroxylation is 2. The van der Waals surface area contributed by atoms with Crippen molar-refractivity contribution < 1.29 is 9.72 Å². The number of carbonyl (C=O) groups excluding carboxylic acids is 1. The lowest BCUT2D eigenvalue weighted by molar-refractivity contribution is -0.384. The molecule has 0 saturated carbocycles. The van der Waals surface area contributed by atoms with E-state index in [4.69, 9.17) is 4.99 Å². The van der Waals surface area contributed by atoms with E-state index in [1.807, 2.05) is 43.3 Å². The summed E-state index contributed by atoms with van der Waals surface area (Å²) in [6, 6.07) is 20.4. The van der Waals surface area contributed by atoms with Crippen LogP contribution in [0.15, 0.2) is 77.9 Å². The number of aliphatic imine (C=N–C) groups is 1. The average Bonchev–Trinajstić information content (AvgIpc) is 3.59. The lowest BCUT2D eigenvalue weighted by Crippen LogP contribution is -2.30. The number of likely N-dealkylation sites (tertiary alicyclic amines) is 1. The van der Waals surface area contributed by atoms with Crippen LogP contribution in [0.5, 0.6) is 0 Å². The van der Waals surface area contributed by atoms with Gasteiger partial charge in [0, 0.05) is 23.4 Å². The van der Waals surface area contributed by atoms with E-state index in [0.29, 0.717) is 22.6 Å². The number of imidazole rings is 1. The summed E-state index contributed by atoms with van der Waals surface area (Å²) in [5, 5.41) is 14.4. The summed E-state index contributed by atoms with van der Waals surface area (Å²) in [6.07, 6.45) is 7.81. The molecule has 1 fully saturated rings. The molecule has 1 saturated heterocycles. The quantitative estimate of drug-likeness (QED) is 0.136. The van der Waals surface area contributed by atoms with Gasteiger partial charge < -0.3 is 15.2 Å². The summed E-state index contributed by atoms with van der Waals surface area (Å²) >= 11 is 0. The van der Waals surface area contributed by atoms with Crippen molar-refractivity contribution in [3.63, 3.8) is 0 Å². The largest absolute Gasteiger partial charge is 0.342 e. The maximum absolute atomic E-state index is 13.3. The molecule has 0 spiro atoms. The first kappa shape index (κ1) is 27.5. The van der Waals surface area contributed by atoms with E-state index in [1.54, 1.807) is 12.3 Å². The van der Waals surface area contributed by atoms with E-state index in [-0.39, 0.29) is 11.6 Å². The number of amides is 1. The van der Waals surface area contributed by atoms with Crippen LogP contribution in [0.4, 0.5) is 17.1 Å². The van der Waals surface area contributed by atoms with E-state index in [0.717, 1.165) is 42.0 Å². The Kier molecular flexibility index (Phi) is 7.92. The van der Waals surface area contributed by atoms with E-state index in [2.05, 4.69) is 32.3 Å². The van der Waals surface area contributed by atoms with Gasteiger partial charge >= 0.3 is 0 Å². The molecule has 0 bridgehead atoms. The third kappa shape index (κ3) is 6.01. The molecule has 2 aliphatic heterocycles. The third-order valence-electron chi connectivity index (χ3n) is 8.12. The fraction of sp³-hybridized carbons (Fsp3) is 0.303. The van der Waals surface area contributed by atoms with Crippen molar-refractivity contribution in [2.45, 2.75) is 44.9 Å². The van der Waals surface area contributed by atoms with Gasteiger partial charge in [0.05, 0.1) is 28.2 Å². The second-order valence-corrected chi connectivity index (χ2v) is 11.1. The Labute approximate surface area is 244 Å². The number of nitro benzene ring substituents is 1. The molecule has 9 nitrogen and oxygen atoms in total. The normalized spacial score (nSPS) is 17.2. The van der Waals surface area contributed by atoms with Crippen LogP contribution in [0.25, 0.3) is 11.3 Å². The van der Waals surface area contributed by atoms with Gasteiger partial charge in [0.1, 0.15) is 11.7 Å². The molecule has 2 N–H and O–H groups in total. The monoisotopic (exact) mass is 562 g/mol. The van der Waals surface area contributed by atoms with Gasteiger partial charge in [-0.2, -0.15) is 0 Å². The van der Waals surface area contributed by atoms with Gasteiger partial charge in [-0.3, -0.25) is 19.9 Å². The summed E-state index contributed by atoms with van der Waals surface area (Å²) in [4.78, 5) is 39.5. The Balaban J connectivity index is 1.31. The number of anilines is 1. The SMILES string of the molecule is Cc1ncc(-c2ccc(N=C(c3ccc(CCCN4CCCCC4)cc3)C3C(=O)Nc4ccc([N+](=O)[O-])cc43)cc2)[nH]1. The number of hydrogen-bond donors (Lipinski definition) is 2. The number of nitro groups is 1. The Morgan fingerprint density at radius 2 is 1.81 bits per heavy atom. The molecule has 42 heavy (non-hydrogen) atoms. The van der Waals surface area contributed by atoms with Crippen molar-refractivity contribution in [1.82, 2.24) is 14.9 Å². The Bertz CT molecular complexity index is 1620. The molecule has 6 rings (SSSR count). The number of nitrogens with one attached hydrogen (secondary N) is 2. The summed E-state index contributed by atoms with van der Waals surface area (Å²) < 4.78 is 0. The molecule has 3 heterocycles. The lowest BCUT2D eigenvalue weighted by atomic mass is 9.89. The van der Waals surface area contributed by atoms with Crippen molar-refractivity contribution in [2.24, 2.45) is 4.99 Å². The molecule has 0 aliphatic carbocycles. The van der Waals surface area contributed by atoms with Crippen LogP contribution in [0.3, 0.4) is 0 Å². The first-order valence-corrected chi connectivity index (χ1v) is 14.6. The van der Waals surface area contributed by atoms with Crippen molar-refractivity contribution >= 4 is 28.7 Å². The van der Waals surface area contributed by atoms with Crippen molar-refractivity contribution in [2.75, 3.05) is 25.0 Å². The molecular weight excluding hydrogens is 528 g/mol. The number of rotatable bonds is 9. The maximum Gasteiger partial charge on any atom is 0.269 e. The predicted molar refractivity (Wildman–Crippen MR) is 164 cm³/mol. The molecule has 1 atom stereocenters. The molecule has 1 amide bonds. The highest BCUT2D eigenvalue weighted by Gasteiger charge is 2.36. The Hall–Kier alpha value is -4.63. The van der Waals surface area contributed by atoms with Crippen LogP contribution in [0.2, 0.25) is 0 Å². The number of carbonyl (C=O) groups is 1. The minimum Gasteiger partial charge on any atom is -0.342 e. The summed E-state index contributed by atoms with van der Waals surface area (Å²) in [6.45, 7) is 5.42. The van der Waals surface area contributed by atoms with Crippen LogP contribution in [0, 0.1) is 17.0 Å². The Morgan fingerprint density at radius 3 is 2.50 bits per heavy atom. The van der Waals surface area contributed by atoms with Gasteiger partial charge in [-0.1, -0.05) is 42.8 Å². The number of H-pyrrole nitrogens is 1. The van der Waals surface area contributed by atoms with Gasteiger partial charge in [-0.05, 0) is 87.1 Å². The molecular formula is C33H34N6O3. The fourth-order valence-electron chi connectivity index (χ4n) is 5.88. The number of nitrogens with zero attached hydrogens (tertiary/aromatic N) is 4. The molecule has 3 aromatic carbocycles. The zero-order valence-corrected chi connectivity index (χ0v) is 23.7. The Morgan fingerprint density at radius 1 is 1.05 bits per heavy atom. The second-order valence-electron chi connectivity index (χ2n) is 11.1. The summed E-state index contributed by atoms with van der Waals surface area (Å²) in [5.74, 6) is -0.191. The van der Waals surface area contributed by atoms with Crippen LogP contribution < -0.4 is 5.32 Å². The predicted octanol–water partition coefficient (Wildman–Crippen LogP) is 6.57. The van der Waals surface area contributed by atoms with Crippen LogP contribution in [-0.4, -0.2) is 51.0 Å². The van der Waals surface area contributed by atoms with E-state index >= 15 is 0 Å². The van der Waals surface area contributed by atoms with Gasteiger partial charge in [0.15, 0.2) is 0 Å². The lowest BCUT2D eigenvalue weighted by Gasteiger charge is -2.26. The van der Waals surface area contributed by atoms with Gasteiger partial charge in [-0.25, -0.2) is 4.98 Å². The van der Waals surface area contributed by atoms with Crippen molar-refractivity contribution in [3.05, 3.63) is 106 Å². The number of non-ortho nitro benzene ring substituents is 1. The number of fused-ring (bicyclic) bond motifs is 1. The number of hydrogen-bond acceptors (Lipinski definition) is 6. The topological polar surface area (TPSA) is 117 Å². The zero-order chi connectivity index (χ0) is 29.1. The highest BCUT2D eigenvalue weighted by atomic mass is 16.6. The van der Waals surface area contributed by atoms with Gasteiger partial charge in [0.2, 0.25) is 5.91 Å². The number of aromatic amines is 1. The average molecular weight is 563 g/mol. The molecule has 2 aliphatic rings. The standard InChI is InChI=1S/C33H34N6O3/c1-22-34-21-30(35-22)24-11-13-26(14-12-24)36-32(31-28-20-27(39(41)42)15-16-29(28)37-33(31)40)25-9-7-23(8-10-25)6-5-19-38-17-3-2-4-18-38/h7-16,20-21,31H,2-6,17-19H2,1H3,(H,34,35)(H,37,40). The van der Waals surface area contributed by atoms with Crippen LogP contribution in [0.1, 0.15) is 54.1 Å². The fourth-order valence-corrected chi connectivity index (χ4v) is 5.88. The van der Waals surface area contributed by atoms with Crippen LogP contribution >= 0.6 is 0 Å². The van der Waals surface area contributed by atoms with Crippen molar-refractivity contribution in [1.29, 1.82) is 0 Å². The molecule has 9 heteroatoms. The summed E-state index contributed by atoms with van der Waals surface area (Å²) in [5.41, 5.74) is 6.24. The second kappa shape index (κ2) is 12.1. The summed E-state index contributed by atoms with van der Waals surface area (Å²) in [7, 11) is 0. The first-order valence-electron chi connectivity index (χ1n) is 14.6. The zero-order valence-electron chi connectivity index (χ0n) is 23.7. The number of aromatic nitrogens is 2. The maximum atomic E-state index is 13.3. The van der Waals surface area contributed by atoms with E-state index in [1.165, 1.54) is 50.0 Å². The highest BCUT2D eigenvalue weighted by molar-refractivity contribution is 6.24. The molecule has 1 aromatic heterocycles. The number of piperidine rings is 1. The smallest absolute Gasteiger partial charge is 0.269 e. The van der Waals surface area contributed by atoms with Crippen LogP contribution in [-0.2, 0) is 11.2 Å². The number of benzene rings is 3. The van der Waals surface area contributed by atoms with E-state index in [9.17, 15) is 14.9 Å². The van der Waals surface area contributed by atoms with Gasteiger partial charge in [0.25, 0.3) is 5.69 Å². The highest BCUT2D eigenvalue weighted by Crippen LogP contribution is 2.38.